The smallest absolute Gasteiger partial charge is 0.245 e. The van der Waals surface area contributed by atoms with E-state index >= 15 is 0 Å². The van der Waals surface area contributed by atoms with Crippen molar-refractivity contribution in [3.8, 4) is 0 Å². The third kappa shape index (κ3) is 2.96. The summed E-state index contributed by atoms with van der Waals surface area (Å²) in [6.45, 7) is 2.83. The van der Waals surface area contributed by atoms with Crippen LogP contribution in [0.25, 0.3) is 0 Å². The van der Waals surface area contributed by atoms with Crippen LogP contribution in [0.1, 0.15) is 45.4 Å². The highest BCUT2D eigenvalue weighted by Crippen LogP contribution is 2.29. The molecule has 0 unspecified atom stereocenters. The van der Waals surface area contributed by atoms with Gasteiger partial charge in [-0.25, -0.2) is 0 Å². The van der Waals surface area contributed by atoms with Crippen LogP contribution >= 0.6 is 0 Å². The lowest BCUT2D eigenvalue weighted by Crippen LogP contribution is -2.69. The summed E-state index contributed by atoms with van der Waals surface area (Å²) in [5.74, 6) is 0.451. The summed E-state index contributed by atoms with van der Waals surface area (Å²) in [7, 11) is 0. The van der Waals surface area contributed by atoms with E-state index in [0.717, 1.165) is 6.42 Å². The number of nitrogens with one attached hydrogen (secondary N) is 1. The second-order valence-electron chi connectivity index (χ2n) is 6.81. The Labute approximate surface area is 131 Å². The molecule has 3 rings (SSSR count). The molecule has 0 aromatic carbocycles. The van der Waals surface area contributed by atoms with E-state index in [1.807, 2.05) is 0 Å². The second kappa shape index (κ2) is 6.26. The molecule has 122 valence electrons. The number of fused-ring (bicyclic) bond motifs is 1. The van der Waals surface area contributed by atoms with Gasteiger partial charge in [0.2, 0.25) is 17.7 Å². The SMILES string of the molecule is CC(=O)N1CCN2C(=O)[C@H](CC3CCCCC3)NC(=O)[C@H]2C1. The summed E-state index contributed by atoms with van der Waals surface area (Å²) in [4.78, 5) is 39.8. The Hall–Kier alpha value is -1.59. The Morgan fingerprint density at radius 1 is 1.18 bits per heavy atom. The van der Waals surface area contributed by atoms with Crippen molar-refractivity contribution in [3.05, 3.63) is 0 Å². The van der Waals surface area contributed by atoms with Gasteiger partial charge in [0.1, 0.15) is 12.1 Å². The molecule has 3 aliphatic rings. The number of hydrogen-bond donors (Lipinski definition) is 1. The Morgan fingerprint density at radius 2 is 1.91 bits per heavy atom. The summed E-state index contributed by atoms with van der Waals surface area (Å²) >= 11 is 0. The molecule has 0 bridgehead atoms. The number of nitrogens with zero attached hydrogens (tertiary/aromatic N) is 2. The number of piperazine rings is 2. The zero-order chi connectivity index (χ0) is 15.7. The quantitative estimate of drug-likeness (QED) is 0.808. The van der Waals surface area contributed by atoms with E-state index < -0.39 is 6.04 Å². The van der Waals surface area contributed by atoms with Crippen molar-refractivity contribution < 1.29 is 14.4 Å². The summed E-state index contributed by atoms with van der Waals surface area (Å²) < 4.78 is 0. The molecule has 2 heterocycles. The lowest BCUT2D eigenvalue weighted by Gasteiger charge is -2.45. The van der Waals surface area contributed by atoms with Crippen LogP contribution in [0.5, 0.6) is 0 Å². The topological polar surface area (TPSA) is 69.7 Å². The summed E-state index contributed by atoms with van der Waals surface area (Å²) in [5.41, 5.74) is 0. The van der Waals surface area contributed by atoms with Gasteiger partial charge in [-0.3, -0.25) is 14.4 Å². The number of amides is 3. The first kappa shape index (κ1) is 15.3. The Kier molecular flexibility index (Phi) is 4.36. The molecule has 6 heteroatoms. The van der Waals surface area contributed by atoms with Gasteiger partial charge in [0.15, 0.2) is 0 Å². The van der Waals surface area contributed by atoms with Gasteiger partial charge < -0.3 is 15.1 Å². The molecule has 1 N–H and O–H groups in total. The highest BCUT2D eigenvalue weighted by atomic mass is 16.2. The number of carbonyl (C=O) groups excluding carboxylic acids is 3. The first-order valence-electron chi connectivity index (χ1n) is 8.42. The maximum Gasteiger partial charge on any atom is 0.245 e. The summed E-state index contributed by atoms with van der Waals surface area (Å²) in [6, 6.07) is -0.872. The van der Waals surface area contributed by atoms with Crippen molar-refractivity contribution in [2.24, 2.45) is 5.92 Å². The number of rotatable bonds is 2. The Balaban J connectivity index is 1.65. The molecule has 0 radical (unpaired) electrons. The van der Waals surface area contributed by atoms with E-state index in [1.165, 1.54) is 39.0 Å². The van der Waals surface area contributed by atoms with Crippen LogP contribution in [-0.2, 0) is 14.4 Å². The van der Waals surface area contributed by atoms with Crippen LogP contribution in [0.4, 0.5) is 0 Å². The van der Waals surface area contributed by atoms with Crippen LogP contribution in [-0.4, -0.2) is 59.2 Å². The molecule has 0 aromatic heterocycles. The van der Waals surface area contributed by atoms with Gasteiger partial charge in [-0.05, 0) is 12.3 Å². The molecule has 0 spiro atoms. The van der Waals surface area contributed by atoms with Gasteiger partial charge >= 0.3 is 0 Å². The zero-order valence-corrected chi connectivity index (χ0v) is 13.2. The molecule has 22 heavy (non-hydrogen) atoms. The van der Waals surface area contributed by atoms with Gasteiger partial charge in [0, 0.05) is 20.0 Å². The number of hydrogen-bond acceptors (Lipinski definition) is 3. The highest BCUT2D eigenvalue weighted by Gasteiger charge is 2.44. The van der Waals surface area contributed by atoms with E-state index in [4.69, 9.17) is 0 Å². The van der Waals surface area contributed by atoms with E-state index in [2.05, 4.69) is 5.32 Å². The average molecular weight is 307 g/mol. The molecular formula is C16H25N3O3. The fourth-order valence-corrected chi connectivity index (χ4v) is 4.00. The first-order valence-corrected chi connectivity index (χ1v) is 8.42. The molecule has 2 aliphatic heterocycles. The lowest BCUT2D eigenvalue weighted by molar-refractivity contribution is -0.155. The Morgan fingerprint density at radius 3 is 2.59 bits per heavy atom. The van der Waals surface area contributed by atoms with Gasteiger partial charge in [-0.1, -0.05) is 32.1 Å². The maximum absolute atomic E-state index is 12.7. The van der Waals surface area contributed by atoms with Gasteiger partial charge in [0.25, 0.3) is 0 Å². The highest BCUT2D eigenvalue weighted by molar-refractivity contribution is 5.97. The minimum Gasteiger partial charge on any atom is -0.342 e. The van der Waals surface area contributed by atoms with Crippen LogP contribution in [0, 0.1) is 5.92 Å². The molecule has 1 aliphatic carbocycles. The van der Waals surface area contributed by atoms with Crippen molar-refractivity contribution in [2.45, 2.75) is 57.5 Å². The predicted octanol–water partition coefficient (Wildman–Crippen LogP) is 0.515. The van der Waals surface area contributed by atoms with Gasteiger partial charge in [0.05, 0.1) is 6.54 Å². The van der Waals surface area contributed by atoms with Crippen LogP contribution in [0.3, 0.4) is 0 Å². The Bertz CT molecular complexity index is 473. The lowest BCUT2D eigenvalue weighted by atomic mass is 9.84. The fourth-order valence-electron chi connectivity index (χ4n) is 4.00. The van der Waals surface area contributed by atoms with Crippen LogP contribution in [0.15, 0.2) is 0 Å². The van der Waals surface area contributed by atoms with E-state index in [9.17, 15) is 14.4 Å². The molecule has 1 saturated carbocycles. The van der Waals surface area contributed by atoms with Gasteiger partial charge in [-0.15, -0.1) is 0 Å². The second-order valence-corrected chi connectivity index (χ2v) is 6.81. The molecule has 6 nitrogen and oxygen atoms in total. The molecule has 3 fully saturated rings. The fraction of sp³-hybridized carbons (Fsp3) is 0.812. The van der Waals surface area contributed by atoms with Crippen molar-refractivity contribution >= 4 is 17.7 Å². The van der Waals surface area contributed by atoms with Crippen molar-refractivity contribution in [1.29, 1.82) is 0 Å². The van der Waals surface area contributed by atoms with Crippen molar-refractivity contribution in [3.63, 3.8) is 0 Å². The first-order chi connectivity index (χ1) is 10.6. The molecule has 2 atom stereocenters. The maximum atomic E-state index is 12.7. The van der Waals surface area contributed by atoms with E-state index in [0.29, 0.717) is 25.6 Å². The average Bonchev–Trinajstić information content (AvgIpc) is 2.53. The van der Waals surface area contributed by atoms with Gasteiger partial charge in [-0.2, -0.15) is 0 Å². The minimum absolute atomic E-state index is 0.0378. The third-order valence-electron chi connectivity index (χ3n) is 5.32. The van der Waals surface area contributed by atoms with Crippen molar-refractivity contribution in [2.75, 3.05) is 19.6 Å². The third-order valence-corrected chi connectivity index (χ3v) is 5.32. The normalized spacial score (nSPS) is 30.0. The van der Waals surface area contributed by atoms with Crippen molar-refractivity contribution in [1.82, 2.24) is 15.1 Å². The summed E-state index contributed by atoms with van der Waals surface area (Å²) in [6.07, 6.45) is 6.86. The largest absolute Gasteiger partial charge is 0.342 e. The monoisotopic (exact) mass is 307 g/mol. The van der Waals surface area contributed by atoms with Crippen LogP contribution < -0.4 is 5.32 Å². The minimum atomic E-state index is -0.507. The van der Waals surface area contributed by atoms with E-state index in [-0.39, 0.29) is 23.8 Å². The molecular weight excluding hydrogens is 282 g/mol. The molecule has 2 saturated heterocycles. The summed E-state index contributed by atoms with van der Waals surface area (Å²) in [5, 5.41) is 2.90. The predicted molar refractivity (Wildman–Crippen MR) is 80.9 cm³/mol. The zero-order valence-electron chi connectivity index (χ0n) is 13.2. The molecule has 3 amide bonds. The standard InChI is InChI=1S/C16H25N3O3/c1-11(20)18-7-8-19-14(10-18)15(21)17-13(16(19)22)9-12-5-3-2-4-6-12/h12-14H,2-10H2,1H3,(H,17,21)/t13-,14+/m0/s1. The molecule has 0 aromatic rings. The van der Waals surface area contributed by atoms with E-state index in [1.54, 1.807) is 9.80 Å². The van der Waals surface area contributed by atoms with Crippen LogP contribution in [0.2, 0.25) is 0 Å². The number of carbonyl (C=O) groups is 3.